The summed E-state index contributed by atoms with van der Waals surface area (Å²) in [7, 11) is 0. The van der Waals surface area contributed by atoms with E-state index in [1.54, 1.807) is 0 Å². The molecule has 0 aliphatic heterocycles. The Labute approximate surface area is 196 Å². The van der Waals surface area contributed by atoms with Crippen LogP contribution in [0.15, 0.2) is 12.7 Å². The van der Waals surface area contributed by atoms with Gasteiger partial charge in [0.1, 0.15) is 0 Å². The Balaban J connectivity index is 6.54. The van der Waals surface area contributed by atoms with Gasteiger partial charge < -0.3 is 4.74 Å². The Morgan fingerprint density at radius 2 is 0.868 bits per heavy atom. The van der Waals surface area contributed by atoms with Crippen LogP contribution >= 0.6 is 0 Å². The third kappa shape index (κ3) is 4.97. The minimum Gasteiger partial charge on any atom is -0.463 e. The van der Waals surface area contributed by atoms with E-state index in [9.17, 15) is 93.0 Å². The van der Waals surface area contributed by atoms with Crippen molar-refractivity contribution in [3.63, 3.8) is 0 Å². The van der Waals surface area contributed by atoms with Gasteiger partial charge in [-0.15, -0.1) is 0 Å². The Morgan fingerprint density at radius 1 is 0.553 bits per heavy atom. The quantitative estimate of drug-likeness (QED) is 0.101. The molecular formula is C16H9F19O3. The third-order valence-corrected chi connectivity index (χ3v) is 4.43. The molecule has 0 saturated carbocycles. The van der Waals surface area contributed by atoms with E-state index in [0.717, 1.165) is 0 Å². The number of Topliss-reactive ketones (excluding diaryl/α,β-unsaturated/α-hetero) is 1. The number of ketones is 1. The first-order valence-electron chi connectivity index (χ1n) is 8.79. The zero-order valence-corrected chi connectivity index (χ0v) is 17.3. The van der Waals surface area contributed by atoms with E-state index >= 15 is 0 Å². The van der Waals surface area contributed by atoms with Gasteiger partial charge in [-0.3, -0.25) is 4.79 Å². The molecule has 0 aliphatic rings. The molecule has 38 heavy (non-hydrogen) atoms. The molecule has 0 bridgehead atoms. The van der Waals surface area contributed by atoms with Crippen LogP contribution in [-0.2, 0) is 14.3 Å². The number of hydrogen-bond donors (Lipinski definition) is 0. The third-order valence-electron chi connectivity index (χ3n) is 4.43. The summed E-state index contributed by atoms with van der Waals surface area (Å²) >= 11 is 0. The highest BCUT2D eigenvalue weighted by atomic mass is 19.4. The average molecular weight is 610 g/mol. The molecule has 22 heteroatoms. The van der Waals surface area contributed by atoms with Crippen molar-refractivity contribution in [1.82, 2.24) is 0 Å². The van der Waals surface area contributed by atoms with E-state index < -0.39 is 84.8 Å². The van der Waals surface area contributed by atoms with E-state index in [1.807, 2.05) is 0 Å². The van der Waals surface area contributed by atoms with Gasteiger partial charge in [-0.05, 0) is 6.42 Å². The molecular weight excluding hydrogens is 601 g/mol. The van der Waals surface area contributed by atoms with Crippen molar-refractivity contribution in [3.8, 4) is 0 Å². The highest BCUT2D eigenvalue weighted by Crippen LogP contribution is 2.65. The lowest BCUT2D eigenvalue weighted by Crippen LogP contribution is -2.76. The number of hydrogen-bond acceptors (Lipinski definition) is 3. The number of ether oxygens (including phenoxy) is 1. The Kier molecular flexibility index (Phi) is 9.30. The topological polar surface area (TPSA) is 43.4 Å². The molecule has 3 nitrogen and oxygen atoms in total. The van der Waals surface area contributed by atoms with E-state index in [0.29, 0.717) is 6.08 Å². The number of carbonyl (C=O) groups is 2. The van der Waals surface area contributed by atoms with Crippen LogP contribution in [0.5, 0.6) is 0 Å². The van der Waals surface area contributed by atoms with Crippen molar-refractivity contribution < 1.29 is 97.7 Å². The lowest BCUT2D eigenvalue weighted by Gasteiger charge is -2.43. The highest BCUT2D eigenvalue weighted by Gasteiger charge is 2.97. The average Bonchev–Trinajstić information content (AvgIpc) is 2.74. The monoisotopic (exact) mass is 610 g/mol. The molecule has 0 fully saturated rings. The van der Waals surface area contributed by atoms with E-state index in [1.165, 1.54) is 0 Å². The molecule has 0 radical (unpaired) electrons. The van der Waals surface area contributed by atoms with Crippen LogP contribution in [-0.4, -0.2) is 71.9 Å². The van der Waals surface area contributed by atoms with Gasteiger partial charge in [-0.25, -0.2) is 4.79 Å². The van der Waals surface area contributed by atoms with Crippen molar-refractivity contribution in [2.45, 2.75) is 66.4 Å². The first kappa shape index (κ1) is 35.5. The van der Waals surface area contributed by atoms with Gasteiger partial charge in [-0.1, -0.05) is 6.58 Å². The maximum atomic E-state index is 13.7. The number of rotatable bonds is 13. The van der Waals surface area contributed by atoms with Gasteiger partial charge in [0, 0.05) is 12.5 Å². The van der Waals surface area contributed by atoms with E-state index in [2.05, 4.69) is 11.3 Å². The molecule has 0 saturated heterocycles. The summed E-state index contributed by atoms with van der Waals surface area (Å²) in [5.74, 6) is -73.2. The predicted octanol–water partition coefficient (Wildman–Crippen LogP) is 6.71. The van der Waals surface area contributed by atoms with Gasteiger partial charge in [0.25, 0.3) is 0 Å². The van der Waals surface area contributed by atoms with Gasteiger partial charge in [0.15, 0.2) is 0 Å². The summed E-state index contributed by atoms with van der Waals surface area (Å²) in [5.41, 5.74) is 0. The number of halogens is 19. The number of alkyl halides is 19. The van der Waals surface area contributed by atoms with Crippen molar-refractivity contribution in [2.75, 3.05) is 6.61 Å². The molecule has 0 rings (SSSR count). The molecule has 0 spiro atoms. The second-order valence-electron chi connectivity index (χ2n) is 6.99. The summed E-state index contributed by atoms with van der Waals surface area (Å²) in [5, 5.41) is 0. The first-order chi connectivity index (χ1) is 16.4. The van der Waals surface area contributed by atoms with Gasteiger partial charge in [0.05, 0.1) is 6.61 Å². The highest BCUT2D eigenvalue weighted by molar-refractivity contribution is 5.87. The molecule has 0 aromatic heterocycles. The van der Waals surface area contributed by atoms with Gasteiger partial charge in [0.2, 0.25) is 5.78 Å². The second-order valence-corrected chi connectivity index (χ2v) is 6.99. The summed E-state index contributed by atoms with van der Waals surface area (Å²) in [4.78, 5) is 21.8. The molecule has 0 heterocycles. The largest absolute Gasteiger partial charge is 0.463 e. The molecule has 0 aromatic rings. The van der Waals surface area contributed by atoms with Crippen LogP contribution in [0.3, 0.4) is 0 Å². The van der Waals surface area contributed by atoms with E-state index in [4.69, 9.17) is 0 Å². The minimum atomic E-state index is -9.05. The maximum absolute atomic E-state index is 13.7. The lowest BCUT2D eigenvalue weighted by molar-refractivity contribution is -0.467. The van der Waals surface area contributed by atoms with Crippen molar-refractivity contribution in [2.24, 2.45) is 0 Å². The molecule has 0 aliphatic carbocycles. The Hall–Kier alpha value is -2.45. The zero-order valence-electron chi connectivity index (χ0n) is 17.3. The first-order valence-corrected chi connectivity index (χ1v) is 8.79. The van der Waals surface area contributed by atoms with Crippen LogP contribution < -0.4 is 0 Å². The van der Waals surface area contributed by atoms with Gasteiger partial charge >= 0.3 is 59.5 Å². The normalized spacial score (nSPS) is 15.3. The molecule has 0 unspecified atom stereocenters. The van der Waals surface area contributed by atoms with E-state index in [-0.39, 0.29) is 0 Å². The summed E-state index contributed by atoms with van der Waals surface area (Å²) < 4.78 is 254. The van der Waals surface area contributed by atoms with Crippen LogP contribution in [0, 0.1) is 0 Å². The van der Waals surface area contributed by atoms with Crippen molar-refractivity contribution in [3.05, 3.63) is 12.7 Å². The van der Waals surface area contributed by atoms with Crippen molar-refractivity contribution in [1.29, 1.82) is 0 Å². The fourth-order valence-corrected chi connectivity index (χ4v) is 2.16. The predicted molar refractivity (Wildman–Crippen MR) is 81.0 cm³/mol. The summed E-state index contributed by atoms with van der Waals surface area (Å²) in [6.45, 7) is 1.66. The van der Waals surface area contributed by atoms with Crippen LogP contribution in [0.2, 0.25) is 0 Å². The Bertz CT molecular complexity index is 902. The lowest BCUT2D eigenvalue weighted by atomic mass is 9.86. The molecule has 0 atom stereocenters. The molecule has 0 N–H and O–H groups in total. The van der Waals surface area contributed by atoms with Gasteiger partial charge in [-0.2, -0.15) is 83.4 Å². The standard InChI is InChI=1S/C16H9F19O3/c1-2-7(37)38-5-3-4-6(36)8(17,18)9(19,20)10(21,22)11(23,24)12(25,26)13(27,28)14(29,30)15(31,32)16(33,34)35/h2H,1,3-5H2. The summed E-state index contributed by atoms with van der Waals surface area (Å²) in [6, 6.07) is 0. The maximum Gasteiger partial charge on any atom is 0.460 e. The Morgan fingerprint density at radius 3 is 1.18 bits per heavy atom. The molecule has 0 amide bonds. The number of carbonyl (C=O) groups excluding carboxylic acids is 2. The molecule has 0 aromatic carbocycles. The smallest absolute Gasteiger partial charge is 0.460 e. The number of esters is 1. The fourth-order valence-electron chi connectivity index (χ4n) is 2.16. The SMILES string of the molecule is C=CC(=O)OCCCC(=O)C(F)(F)C(F)(F)C(F)(F)C(F)(F)C(F)(F)C(F)(F)C(F)(F)C(F)(F)C(F)(F)F. The summed E-state index contributed by atoms with van der Waals surface area (Å²) in [6.07, 6.45) is -10.9. The minimum absolute atomic E-state index is 0.414. The fraction of sp³-hybridized carbons (Fsp3) is 0.750. The van der Waals surface area contributed by atoms with Crippen LogP contribution in [0.1, 0.15) is 12.8 Å². The molecule has 224 valence electrons. The second kappa shape index (κ2) is 9.94. The van der Waals surface area contributed by atoms with Crippen LogP contribution in [0.25, 0.3) is 0 Å². The van der Waals surface area contributed by atoms with Crippen LogP contribution in [0.4, 0.5) is 83.4 Å². The van der Waals surface area contributed by atoms with Crippen molar-refractivity contribution >= 4 is 11.8 Å². The zero-order chi connectivity index (χ0) is 31.2.